The highest BCUT2D eigenvalue weighted by Gasteiger charge is 2.25. The fourth-order valence-corrected chi connectivity index (χ4v) is 3.77. The molecule has 0 bridgehead atoms. The number of hydrogen-bond acceptors (Lipinski definition) is 4. The van der Waals surface area contributed by atoms with Crippen molar-refractivity contribution in [1.29, 1.82) is 0 Å². The number of benzene rings is 1. The highest BCUT2D eigenvalue weighted by molar-refractivity contribution is 5.78. The molecule has 2 heterocycles. The van der Waals surface area contributed by atoms with E-state index in [1.165, 1.54) is 5.69 Å². The Kier molecular flexibility index (Phi) is 6.55. The molecular formula is C20H31N5O2. The molecule has 2 saturated heterocycles. The lowest BCUT2D eigenvalue weighted by Crippen LogP contribution is -2.53. The number of carbonyl (C=O) groups excluding carboxylic acids is 2. The van der Waals surface area contributed by atoms with Crippen molar-refractivity contribution in [2.45, 2.75) is 6.42 Å². The number of amides is 3. The molecule has 27 heavy (non-hydrogen) atoms. The minimum absolute atomic E-state index is 0.0447. The standard InChI is InChI=1S/C20H31N5O2/c1-22(2)20(27)24-12-10-23(11-13-24)16-19(26)21-14-17-8-9-25(15-17)18-6-4-3-5-7-18/h3-7,17H,8-16H2,1-2H3,(H,21,26). The number of nitrogens with one attached hydrogen (secondary N) is 1. The number of piperazine rings is 1. The van der Waals surface area contributed by atoms with Gasteiger partial charge >= 0.3 is 6.03 Å². The van der Waals surface area contributed by atoms with E-state index in [0.29, 0.717) is 25.6 Å². The van der Waals surface area contributed by atoms with Crippen LogP contribution in [0.3, 0.4) is 0 Å². The summed E-state index contributed by atoms with van der Waals surface area (Å²) >= 11 is 0. The van der Waals surface area contributed by atoms with Gasteiger partial charge in [-0.1, -0.05) is 18.2 Å². The van der Waals surface area contributed by atoms with Crippen molar-refractivity contribution in [3.8, 4) is 0 Å². The molecule has 1 unspecified atom stereocenters. The number of hydrogen-bond donors (Lipinski definition) is 1. The average Bonchev–Trinajstić information content (AvgIpc) is 3.16. The Morgan fingerprint density at radius 3 is 2.44 bits per heavy atom. The molecule has 148 valence electrons. The number of nitrogens with zero attached hydrogens (tertiary/aromatic N) is 4. The van der Waals surface area contributed by atoms with Crippen LogP contribution in [-0.2, 0) is 4.79 Å². The van der Waals surface area contributed by atoms with Crippen LogP contribution < -0.4 is 10.2 Å². The van der Waals surface area contributed by atoms with Gasteiger partial charge < -0.3 is 20.0 Å². The molecule has 1 N–H and O–H groups in total. The van der Waals surface area contributed by atoms with Crippen LogP contribution >= 0.6 is 0 Å². The van der Waals surface area contributed by atoms with E-state index in [2.05, 4.69) is 39.4 Å². The Morgan fingerprint density at radius 2 is 1.78 bits per heavy atom. The molecule has 1 atom stereocenters. The van der Waals surface area contributed by atoms with Gasteiger partial charge in [0.25, 0.3) is 0 Å². The topological polar surface area (TPSA) is 59.1 Å². The van der Waals surface area contributed by atoms with Crippen LogP contribution in [0, 0.1) is 5.92 Å². The van der Waals surface area contributed by atoms with Crippen molar-refractivity contribution >= 4 is 17.6 Å². The third-order valence-corrected chi connectivity index (χ3v) is 5.39. The van der Waals surface area contributed by atoms with Gasteiger partial charge in [-0.2, -0.15) is 0 Å². The fourth-order valence-electron chi connectivity index (χ4n) is 3.77. The molecular weight excluding hydrogens is 342 g/mol. The maximum Gasteiger partial charge on any atom is 0.319 e. The molecule has 2 fully saturated rings. The molecule has 7 heteroatoms. The van der Waals surface area contributed by atoms with Gasteiger partial charge in [0.2, 0.25) is 5.91 Å². The predicted molar refractivity (Wildman–Crippen MR) is 107 cm³/mol. The normalized spacial score (nSPS) is 20.6. The first-order chi connectivity index (χ1) is 13.0. The third-order valence-electron chi connectivity index (χ3n) is 5.39. The van der Waals surface area contributed by atoms with Crippen LogP contribution in [0.2, 0.25) is 0 Å². The summed E-state index contributed by atoms with van der Waals surface area (Å²) in [6.07, 6.45) is 1.11. The van der Waals surface area contributed by atoms with Crippen molar-refractivity contribution in [1.82, 2.24) is 20.0 Å². The lowest BCUT2D eigenvalue weighted by atomic mass is 10.1. The Bertz CT molecular complexity index is 629. The molecule has 0 saturated carbocycles. The van der Waals surface area contributed by atoms with E-state index < -0.39 is 0 Å². The van der Waals surface area contributed by atoms with E-state index in [9.17, 15) is 9.59 Å². The van der Waals surface area contributed by atoms with Gasteiger partial charge in [-0.3, -0.25) is 9.69 Å². The van der Waals surface area contributed by atoms with Gasteiger partial charge in [-0.05, 0) is 24.5 Å². The smallest absolute Gasteiger partial charge is 0.319 e. The van der Waals surface area contributed by atoms with Crippen LogP contribution in [0.1, 0.15) is 6.42 Å². The molecule has 3 rings (SSSR count). The highest BCUT2D eigenvalue weighted by atomic mass is 16.2. The molecule has 0 spiro atoms. The van der Waals surface area contributed by atoms with E-state index in [1.54, 1.807) is 19.0 Å². The van der Waals surface area contributed by atoms with Crippen LogP contribution in [0.25, 0.3) is 0 Å². The first kappa shape index (κ1) is 19.5. The number of anilines is 1. The monoisotopic (exact) mass is 373 g/mol. The lowest BCUT2D eigenvalue weighted by Gasteiger charge is -2.35. The quantitative estimate of drug-likeness (QED) is 0.834. The van der Waals surface area contributed by atoms with E-state index in [4.69, 9.17) is 0 Å². The fraction of sp³-hybridized carbons (Fsp3) is 0.600. The van der Waals surface area contributed by atoms with E-state index in [1.807, 2.05) is 11.0 Å². The number of carbonyl (C=O) groups is 2. The SMILES string of the molecule is CN(C)C(=O)N1CCN(CC(=O)NCC2CCN(c3ccccc3)C2)CC1. The number of rotatable bonds is 5. The molecule has 7 nitrogen and oxygen atoms in total. The second-order valence-corrected chi connectivity index (χ2v) is 7.68. The zero-order valence-electron chi connectivity index (χ0n) is 16.4. The van der Waals surface area contributed by atoms with Gasteiger partial charge in [-0.25, -0.2) is 4.79 Å². The maximum absolute atomic E-state index is 12.3. The summed E-state index contributed by atoms with van der Waals surface area (Å²) in [7, 11) is 3.54. The maximum atomic E-state index is 12.3. The number of urea groups is 1. The Labute approximate surface area is 161 Å². The minimum atomic E-state index is 0.0447. The molecule has 1 aromatic rings. The van der Waals surface area contributed by atoms with Crippen molar-refractivity contribution in [2.24, 2.45) is 5.92 Å². The van der Waals surface area contributed by atoms with Gasteiger partial charge in [0.15, 0.2) is 0 Å². The van der Waals surface area contributed by atoms with Crippen molar-refractivity contribution < 1.29 is 9.59 Å². The Morgan fingerprint density at radius 1 is 1.07 bits per heavy atom. The molecule has 1 aromatic carbocycles. The van der Waals surface area contributed by atoms with Crippen LogP contribution in [0.15, 0.2) is 30.3 Å². The average molecular weight is 374 g/mol. The molecule has 0 aliphatic carbocycles. The second kappa shape index (κ2) is 9.08. The van der Waals surface area contributed by atoms with Crippen molar-refractivity contribution in [3.05, 3.63) is 30.3 Å². The summed E-state index contributed by atoms with van der Waals surface area (Å²) in [6, 6.07) is 10.5. The summed E-state index contributed by atoms with van der Waals surface area (Å²) in [5.74, 6) is 0.587. The summed E-state index contributed by atoms with van der Waals surface area (Å²) < 4.78 is 0. The van der Waals surface area contributed by atoms with E-state index in [0.717, 1.165) is 39.1 Å². The molecule has 2 aliphatic rings. The van der Waals surface area contributed by atoms with Gasteiger partial charge in [-0.15, -0.1) is 0 Å². The van der Waals surface area contributed by atoms with Gasteiger partial charge in [0.05, 0.1) is 6.54 Å². The zero-order chi connectivity index (χ0) is 19.2. The largest absolute Gasteiger partial charge is 0.371 e. The highest BCUT2D eigenvalue weighted by Crippen LogP contribution is 2.22. The van der Waals surface area contributed by atoms with Crippen molar-refractivity contribution in [3.63, 3.8) is 0 Å². The van der Waals surface area contributed by atoms with Crippen LogP contribution in [0.5, 0.6) is 0 Å². The molecule has 0 radical (unpaired) electrons. The summed E-state index contributed by atoms with van der Waals surface area (Å²) in [5.41, 5.74) is 1.26. The van der Waals surface area contributed by atoms with E-state index >= 15 is 0 Å². The Hall–Kier alpha value is -2.28. The van der Waals surface area contributed by atoms with Crippen molar-refractivity contribution in [2.75, 3.05) is 71.4 Å². The Balaban J connectivity index is 1.34. The predicted octanol–water partition coefficient (Wildman–Crippen LogP) is 0.928. The minimum Gasteiger partial charge on any atom is -0.371 e. The molecule has 3 amide bonds. The summed E-state index contributed by atoms with van der Waals surface area (Å²) in [6.45, 7) is 6.05. The molecule has 0 aromatic heterocycles. The summed E-state index contributed by atoms with van der Waals surface area (Å²) in [5, 5.41) is 3.10. The van der Waals surface area contributed by atoms with E-state index in [-0.39, 0.29) is 11.9 Å². The first-order valence-electron chi connectivity index (χ1n) is 9.78. The lowest BCUT2D eigenvalue weighted by molar-refractivity contribution is -0.122. The first-order valence-corrected chi connectivity index (χ1v) is 9.78. The van der Waals surface area contributed by atoms with Gasteiger partial charge in [0.1, 0.15) is 0 Å². The molecule has 2 aliphatic heterocycles. The van der Waals surface area contributed by atoms with Crippen LogP contribution in [0.4, 0.5) is 10.5 Å². The zero-order valence-corrected chi connectivity index (χ0v) is 16.4. The number of para-hydroxylation sites is 1. The third kappa shape index (κ3) is 5.35. The van der Waals surface area contributed by atoms with Crippen LogP contribution in [-0.4, -0.2) is 93.1 Å². The van der Waals surface area contributed by atoms with Gasteiger partial charge in [0, 0.05) is 65.6 Å². The second-order valence-electron chi connectivity index (χ2n) is 7.68. The summed E-state index contributed by atoms with van der Waals surface area (Å²) in [4.78, 5) is 32.2.